The molecule has 1 heterocycles. The maximum Gasteiger partial charge on any atom is 0.189 e. The van der Waals surface area contributed by atoms with Crippen molar-refractivity contribution in [1.29, 1.82) is 0 Å². The Morgan fingerprint density at radius 3 is 2.48 bits per heavy atom. The first-order valence-electron chi connectivity index (χ1n) is 6.75. The van der Waals surface area contributed by atoms with Gasteiger partial charge < -0.3 is 5.32 Å². The van der Waals surface area contributed by atoms with Crippen molar-refractivity contribution < 1.29 is 0 Å². The molecule has 0 spiro atoms. The number of hydrogen-bond donors (Lipinski definition) is 3. The van der Waals surface area contributed by atoms with Gasteiger partial charge in [-0.05, 0) is 60.7 Å². The fraction of sp³-hybridized carbons (Fsp3) is 0. The Kier molecular flexibility index (Phi) is 4.81. The second-order valence-corrected chi connectivity index (χ2v) is 6.01. The van der Waals surface area contributed by atoms with Crippen LogP contribution in [0.15, 0.2) is 54.7 Å². The van der Waals surface area contributed by atoms with Gasteiger partial charge in [0, 0.05) is 27.3 Å². The molecule has 0 saturated heterocycles. The lowest BCUT2D eigenvalue weighted by Crippen LogP contribution is -2.33. The van der Waals surface area contributed by atoms with E-state index in [0.29, 0.717) is 15.2 Å². The molecule has 0 unspecified atom stereocenters. The van der Waals surface area contributed by atoms with Gasteiger partial charge in [-0.1, -0.05) is 23.2 Å². The molecule has 0 radical (unpaired) electrons. The number of halogens is 2. The number of nitrogens with zero attached hydrogens (tertiary/aromatic N) is 1. The Hall–Kier alpha value is -2.08. The molecule has 1 aromatic heterocycles. The molecule has 3 N–H and O–H groups in total. The molecule has 0 aliphatic carbocycles. The van der Waals surface area contributed by atoms with E-state index < -0.39 is 0 Å². The predicted molar refractivity (Wildman–Crippen MR) is 101 cm³/mol. The first-order chi connectivity index (χ1) is 11.1. The third-order valence-corrected chi connectivity index (χ3v) is 3.81. The van der Waals surface area contributed by atoms with Gasteiger partial charge >= 0.3 is 0 Å². The largest absolute Gasteiger partial charge is 0.331 e. The summed E-state index contributed by atoms with van der Waals surface area (Å²) in [6.45, 7) is 0. The van der Waals surface area contributed by atoms with Gasteiger partial charge in [0.15, 0.2) is 5.11 Å². The molecule has 0 bridgehead atoms. The summed E-state index contributed by atoms with van der Waals surface area (Å²) in [5, 5.41) is 5.76. The van der Waals surface area contributed by atoms with Gasteiger partial charge in [-0.15, -0.1) is 0 Å². The Labute approximate surface area is 148 Å². The Morgan fingerprint density at radius 1 is 0.957 bits per heavy atom. The first-order valence-corrected chi connectivity index (χ1v) is 7.91. The van der Waals surface area contributed by atoms with Crippen LogP contribution in [-0.2, 0) is 0 Å². The van der Waals surface area contributed by atoms with Crippen LogP contribution in [-0.4, -0.2) is 10.1 Å². The van der Waals surface area contributed by atoms with E-state index in [-0.39, 0.29) is 0 Å². The third-order valence-electron chi connectivity index (χ3n) is 3.12. The highest BCUT2D eigenvalue weighted by molar-refractivity contribution is 7.80. The minimum absolute atomic E-state index is 0.436. The highest BCUT2D eigenvalue weighted by atomic mass is 35.5. The molecule has 0 saturated carbocycles. The SMILES string of the molecule is S=C(NNc1ccnc2cc(Cl)ccc12)Nc1ccc(Cl)cc1. The molecule has 4 nitrogen and oxygen atoms in total. The zero-order valence-corrected chi connectivity index (χ0v) is 14.1. The fourth-order valence-corrected chi connectivity index (χ4v) is 2.51. The Morgan fingerprint density at radius 2 is 1.70 bits per heavy atom. The van der Waals surface area contributed by atoms with Crippen molar-refractivity contribution >= 4 is 62.8 Å². The topological polar surface area (TPSA) is 49.0 Å². The maximum absolute atomic E-state index is 5.98. The van der Waals surface area contributed by atoms with Gasteiger partial charge in [-0.25, -0.2) is 0 Å². The lowest BCUT2D eigenvalue weighted by atomic mass is 10.2. The van der Waals surface area contributed by atoms with Gasteiger partial charge in [-0.2, -0.15) is 0 Å². The van der Waals surface area contributed by atoms with Gasteiger partial charge in [0.05, 0.1) is 11.2 Å². The quantitative estimate of drug-likeness (QED) is 0.459. The van der Waals surface area contributed by atoms with E-state index in [4.69, 9.17) is 35.4 Å². The summed E-state index contributed by atoms with van der Waals surface area (Å²) >= 11 is 17.1. The van der Waals surface area contributed by atoms with E-state index in [1.807, 2.05) is 36.4 Å². The van der Waals surface area contributed by atoms with Gasteiger partial charge in [0.25, 0.3) is 0 Å². The minimum Gasteiger partial charge on any atom is -0.331 e. The average Bonchev–Trinajstić information content (AvgIpc) is 2.54. The first kappa shape index (κ1) is 15.8. The molecular weight excluding hydrogens is 351 g/mol. The number of hydrogen-bond acceptors (Lipinski definition) is 3. The molecule has 23 heavy (non-hydrogen) atoms. The zero-order chi connectivity index (χ0) is 16.2. The summed E-state index contributed by atoms with van der Waals surface area (Å²) < 4.78 is 0. The average molecular weight is 363 g/mol. The summed E-state index contributed by atoms with van der Waals surface area (Å²) in [5.74, 6) is 0. The number of nitrogens with one attached hydrogen (secondary N) is 3. The Bertz CT molecular complexity index is 852. The van der Waals surface area contributed by atoms with Crippen molar-refractivity contribution in [3.05, 3.63) is 64.8 Å². The monoisotopic (exact) mass is 362 g/mol. The summed E-state index contributed by atoms with van der Waals surface area (Å²) in [7, 11) is 0. The highest BCUT2D eigenvalue weighted by Gasteiger charge is 2.03. The van der Waals surface area contributed by atoms with Crippen molar-refractivity contribution in [2.45, 2.75) is 0 Å². The molecule has 7 heteroatoms. The minimum atomic E-state index is 0.436. The smallest absolute Gasteiger partial charge is 0.189 e. The van der Waals surface area contributed by atoms with E-state index in [0.717, 1.165) is 22.3 Å². The van der Waals surface area contributed by atoms with Crippen molar-refractivity contribution in [3.63, 3.8) is 0 Å². The van der Waals surface area contributed by atoms with Crippen LogP contribution in [0.1, 0.15) is 0 Å². The summed E-state index contributed by atoms with van der Waals surface area (Å²) in [4.78, 5) is 4.29. The van der Waals surface area contributed by atoms with Crippen LogP contribution < -0.4 is 16.2 Å². The van der Waals surface area contributed by atoms with E-state index in [1.165, 1.54) is 0 Å². The van der Waals surface area contributed by atoms with Crippen molar-refractivity contribution in [3.8, 4) is 0 Å². The molecule has 0 atom stereocenters. The van der Waals surface area contributed by atoms with Crippen molar-refractivity contribution in [1.82, 2.24) is 10.4 Å². The van der Waals surface area contributed by atoms with Gasteiger partial charge in [0.1, 0.15) is 0 Å². The molecule has 3 aromatic rings. The number of rotatable bonds is 3. The molecule has 0 aliphatic heterocycles. The second-order valence-electron chi connectivity index (χ2n) is 4.73. The third kappa shape index (κ3) is 4.01. The lowest BCUT2D eigenvalue weighted by molar-refractivity contribution is 1.14. The lowest BCUT2D eigenvalue weighted by Gasteiger charge is -2.14. The Balaban J connectivity index is 1.68. The van der Waals surface area contributed by atoms with Crippen LogP contribution in [0, 0.1) is 0 Å². The zero-order valence-electron chi connectivity index (χ0n) is 11.8. The summed E-state index contributed by atoms with van der Waals surface area (Å²) in [6.07, 6.45) is 1.71. The summed E-state index contributed by atoms with van der Waals surface area (Å²) in [5.41, 5.74) is 8.53. The molecule has 0 aliphatic rings. The van der Waals surface area contributed by atoms with E-state index in [1.54, 1.807) is 18.3 Å². The normalized spacial score (nSPS) is 10.3. The number of thiocarbonyl (C=S) groups is 1. The molecule has 2 aromatic carbocycles. The number of benzene rings is 2. The second kappa shape index (κ2) is 7.00. The predicted octanol–water partition coefficient (Wildman–Crippen LogP) is 4.86. The molecule has 0 amide bonds. The van der Waals surface area contributed by atoms with E-state index in [2.05, 4.69) is 21.2 Å². The van der Waals surface area contributed by atoms with Crippen LogP contribution in [0.4, 0.5) is 11.4 Å². The van der Waals surface area contributed by atoms with Crippen LogP contribution >= 0.6 is 35.4 Å². The van der Waals surface area contributed by atoms with E-state index in [9.17, 15) is 0 Å². The number of hydrazine groups is 1. The molecule has 0 fully saturated rings. The van der Waals surface area contributed by atoms with E-state index >= 15 is 0 Å². The van der Waals surface area contributed by atoms with Gasteiger partial charge in [-0.3, -0.25) is 15.8 Å². The standard InChI is InChI=1S/C16H12Cl2N4S/c17-10-1-4-12(5-2-10)20-16(23)22-21-14-7-8-19-15-9-11(18)3-6-13(14)15/h1-9H,(H,19,21)(H2,20,22,23). The number of aromatic nitrogens is 1. The molecular formula is C16H12Cl2N4S. The fourth-order valence-electron chi connectivity index (χ4n) is 2.05. The van der Waals surface area contributed by atoms with Crippen molar-refractivity contribution in [2.75, 3.05) is 10.7 Å². The summed E-state index contributed by atoms with van der Waals surface area (Å²) in [6, 6.07) is 14.7. The number of pyridine rings is 1. The van der Waals surface area contributed by atoms with Gasteiger partial charge in [0.2, 0.25) is 0 Å². The van der Waals surface area contributed by atoms with Crippen molar-refractivity contribution in [2.24, 2.45) is 0 Å². The molecule has 3 rings (SSSR count). The van der Waals surface area contributed by atoms with Crippen LogP contribution in [0.3, 0.4) is 0 Å². The van der Waals surface area contributed by atoms with Crippen LogP contribution in [0.25, 0.3) is 10.9 Å². The van der Waals surface area contributed by atoms with Crippen LogP contribution in [0.5, 0.6) is 0 Å². The molecule has 116 valence electrons. The maximum atomic E-state index is 5.98. The number of anilines is 2. The number of fused-ring (bicyclic) bond motifs is 1. The highest BCUT2D eigenvalue weighted by Crippen LogP contribution is 2.23. The van der Waals surface area contributed by atoms with Crippen LogP contribution in [0.2, 0.25) is 10.0 Å².